The van der Waals surface area contributed by atoms with E-state index >= 15 is 0 Å². The van der Waals surface area contributed by atoms with Gasteiger partial charge < -0.3 is 10.1 Å². The molecule has 3 aromatic rings. The first-order valence-corrected chi connectivity index (χ1v) is 9.38. The number of nitrogens with zero attached hydrogens (tertiary/aromatic N) is 4. The Morgan fingerprint density at radius 2 is 2.31 bits per heavy atom. The molecule has 2 heterocycles. The number of carbonyl (C=O) groups excluding carboxylic acids is 1. The van der Waals surface area contributed by atoms with E-state index < -0.39 is 5.25 Å². The molecule has 1 atom stereocenters. The molecule has 0 radical (unpaired) electrons. The predicted molar refractivity (Wildman–Crippen MR) is 101 cm³/mol. The van der Waals surface area contributed by atoms with E-state index in [-0.39, 0.29) is 5.91 Å². The molecule has 0 bridgehead atoms. The maximum atomic E-state index is 12.4. The highest BCUT2D eigenvalue weighted by Gasteiger charge is 2.20. The molecule has 1 unspecified atom stereocenters. The summed E-state index contributed by atoms with van der Waals surface area (Å²) in [6.07, 6.45) is 1.59. The van der Waals surface area contributed by atoms with E-state index in [2.05, 4.69) is 21.6 Å². The number of nitrogens with one attached hydrogen (secondary N) is 1. The smallest absolute Gasteiger partial charge is 0.238 e. The second-order valence-electron chi connectivity index (χ2n) is 5.21. The molecule has 0 saturated carbocycles. The summed E-state index contributed by atoms with van der Waals surface area (Å²) in [7, 11) is 1.60. The zero-order valence-corrected chi connectivity index (χ0v) is 15.7. The zero-order valence-electron chi connectivity index (χ0n) is 14.0. The lowest BCUT2D eigenvalue weighted by Crippen LogP contribution is -2.22. The molecule has 26 heavy (non-hydrogen) atoms. The van der Waals surface area contributed by atoms with Gasteiger partial charge in [0.1, 0.15) is 23.1 Å². The lowest BCUT2D eigenvalue weighted by atomic mass is 10.3. The third-order valence-corrected chi connectivity index (χ3v) is 5.41. The highest BCUT2D eigenvalue weighted by Crippen LogP contribution is 2.28. The molecule has 0 aliphatic carbocycles. The van der Waals surface area contributed by atoms with Crippen LogP contribution >= 0.6 is 23.1 Å². The minimum Gasteiger partial charge on any atom is -0.497 e. The van der Waals surface area contributed by atoms with Gasteiger partial charge in [0.15, 0.2) is 5.16 Å². The minimum absolute atomic E-state index is 0.200. The molecular weight excluding hydrogens is 370 g/mol. The topological polar surface area (TPSA) is 92.8 Å². The van der Waals surface area contributed by atoms with E-state index in [1.807, 2.05) is 24.3 Å². The molecule has 2 aromatic heterocycles. The largest absolute Gasteiger partial charge is 0.497 e. The number of nitriles is 1. The fourth-order valence-corrected chi connectivity index (χ4v) is 3.74. The molecule has 0 aliphatic rings. The van der Waals surface area contributed by atoms with Crippen molar-refractivity contribution in [3.63, 3.8) is 0 Å². The molecule has 1 amide bonds. The Labute approximate surface area is 158 Å². The van der Waals surface area contributed by atoms with Gasteiger partial charge in [-0.2, -0.15) is 5.26 Å². The molecular formula is C17H15N5O2S2. The number of benzene rings is 1. The van der Waals surface area contributed by atoms with E-state index in [0.717, 1.165) is 11.4 Å². The Morgan fingerprint density at radius 3 is 3.08 bits per heavy atom. The summed E-state index contributed by atoms with van der Waals surface area (Å²) in [5.74, 6) is 0.522. The second kappa shape index (κ2) is 8.03. The van der Waals surface area contributed by atoms with E-state index in [1.54, 1.807) is 36.4 Å². The molecule has 132 valence electrons. The number of aromatic nitrogens is 3. The number of anilines is 1. The van der Waals surface area contributed by atoms with Crippen LogP contribution in [0.5, 0.6) is 5.75 Å². The number of thiophene rings is 1. The van der Waals surface area contributed by atoms with Gasteiger partial charge in [-0.3, -0.25) is 9.36 Å². The molecule has 9 heteroatoms. The number of hydrogen-bond acceptors (Lipinski definition) is 7. The van der Waals surface area contributed by atoms with Crippen LogP contribution in [0.3, 0.4) is 0 Å². The molecule has 0 spiro atoms. The lowest BCUT2D eigenvalue weighted by Gasteiger charge is -2.12. The van der Waals surface area contributed by atoms with Gasteiger partial charge in [-0.15, -0.1) is 21.5 Å². The monoisotopic (exact) mass is 385 g/mol. The van der Waals surface area contributed by atoms with Gasteiger partial charge in [-0.1, -0.05) is 17.8 Å². The summed E-state index contributed by atoms with van der Waals surface area (Å²) in [6.45, 7) is 1.78. The van der Waals surface area contributed by atoms with Crippen LogP contribution in [0, 0.1) is 11.3 Å². The Kier molecular flexibility index (Phi) is 5.55. The maximum absolute atomic E-state index is 12.4. The van der Waals surface area contributed by atoms with Crippen molar-refractivity contribution in [1.82, 2.24) is 14.8 Å². The maximum Gasteiger partial charge on any atom is 0.238 e. The highest BCUT2D eigenvalue weighted by atomic mass is 32.2. The van der Waals surface area contributed by atoms with Crippen molar-refractivity contribution >= 4 is 34.0 Å². The number of thioether (sulfide) groups is 1. The highest BCUT2D eigenvalue weighted by molar-refractivity contribution is 8.00. The molecule has 0 aliphatic heterocycles. The summed E-state index contributed by atoms with van der Waals surface area (Å²) in [6, 6.07) is 11.2. The third-order valence-electron chi connectivity index (χ3n) is 3.52. The van der Waals surface area contributed by atoms with Crippen LogP contribution in [0.4, 0.5) is 5.00 Å². The van der Waals surface area contributed by atoms with Crippen LogP contribution < -0.4 is 10.1 Å². The van der Waals surface area contributed by atoms with Crippen molar-refractivity contribution in [2.45, 2.75) is 17.3 Å². The molecule has 0 fully saturated rings. The SMILES string of the molecule is COc1cccc(-n2cnnc2SC(C)C(=O)Nc2sccc2C#N)c1. The van der Waals surface area contributed by atoms with E-state index in [0.29, 0.717) is 15.7 Å². The molecule has 3 rings (SSSR count). The molecule has 0 saturated heterocycles. The molecule has 1 aromatic carbocycles. The number of methoxy groups -OCH3 is 1. The summed E-state index contributed by atoms with van der Waals surface area (Å²) in [5, 5.41) is 22.4. The minimum atomic E-state index is -0.419. The molecule has 7 nitrogen and oxygen atoms in total. The van der Waals surface area contributed by atoms with Crippen molar-refractivity contribution in [1.29, 1.82) is 5.26 Å². The van der Waals surface area contributed by atoms with Gasteiger partial charge in [0, 0.05) is 6.07 Å². The van der Waals surface area contributed by atoms with Crippen molar-refractivity contribution < 1.29 is 9.53 Å². The van der Waals surface area contributed by atoms with Crippen molar-refractivity contribution in [3.05, 3.63) is 47.6 Å². The van der Waals surface area contributed by atoms with Crippen LogP contribution in [-0.2, 0) is 4.79 Å². The standard InChI is InChI=1S/C17H15N5O2S2/c1-11(15(23)20-16-12(9-18)6-7-25-16)26-17-21-19-10-22(17)13-4-3-5-14(8-13)24-2/h3-8,10-11H,1-2H3,(H,20,23). The fraction of sp³-hybridized carbons (Fsp3) is 0.176. The van der Waals surface area contributed by atoms with Gasteiger partial charge in [0.25, 0.3) is 0 Å². The van der Waals surface area contributed by atoms with Crippen molar-refractivity contribution in [2.75, 3.05) is 12.4 Å². The average molecular weight is 385 g/mol. The first-order valence-electron chi connectivity index (χ1n) is 7.62. The van der Waals surface area contributed by atoms with Crippen molar-refractivity contribution in [2.24, 2.45) is 0 Å². The van der Waals surface area contributed by atoms with Crippen LogP contribution in [0.15, 0.2) is 47.2 Å². The molecule has 1 N–H and O–H groups in total. The Bertz CT molecular complexity index is 960. The first-order chi connectivity index (χ1) is 12.6. The van der Waals surface area contributed by atoms with Crippen LogP contribution in [-0.4, -0.2) is 33.0 Å². The Morgan fingerprint density at radius 1 is 1.46 bits per heavy atom. The normalized spacial score (nSPS) is 11.6. The van der Waals surface area contributed by atoms with E-state index in [4.69, 9.17) is 10.00 Å². The lowest BCUT2D eigenvalue weighted by molar-refractivity contribution is -0.115. The van der Waals surface area contributed by atoms with Gasteiger partial charge in [-0.05, 0) is 30.5 Å². The first kappa shape index (κ1) is 18.0. The quantitative estimate of drug-likeness (QED) is 0.654. The van der Waals surface area contributed by atoms with Crippen molar-refractivity contribution in [3.8, 4) is 17.5 Å². The number of ether oxygens (including phenoxy) is 1. The summed E-state index contributed by atoms with van der Waals surface area (Å²) < 4.78 is 7.04. The zero-order chi connectivity index (χ0) is 18.5. The van der Waals surface area contributed by atoms with Crippen LogP contribution in [0.2, 0.25) is 0 Å². The van der Waals surface area contributed by atoms with E-state index in [1.165, 1.54) is 23.1 Å². The summed E-state index contributed by atoms with van der Waals surface area (Å²) >= 11 is 2.61. The van der Waals surface area contributed by atoms with Crippen LogP contribution in [0.25, 0.3) is 5.69 Å². The summed E-state index contributed by atoms with van der Waals surface area (Å²) in [4.78, 5) is 12.4. The van der Waals surface area contributed by atoms with Crippen LogP contribution in [0.1, 0.15) is 12.5 Å². The predicted octanol–water partition coefficient (Wildman–Crippen LogP) is 3.33. The second-order valence-corrected chi connectivity index (χ2v) is 7.43. The summed E-state index contributed by atoms with van der Waals surface area (Å²) in [5.41, 5.74) is 1.30. The van der Waals surface area contributed by atoms with E-state index in [9.17, 15) is 4.79 Å². The average Bonchev–Trinajstić information content (AvgIpc) is 3.30. The van der Waals surface area contributed by atoms with Gasteiger partial charge >= 0.3 is 0 Å². The third kappa shape index (κ3) is 3.87. The fourth-order valence-electron chi connectivity index (χ4n) is 2.16. The Hall–Kier alpha value is -2.83. The number of rotatable bonds is 6. The number of hydrogen-bond donors (Lipinski definition) is 1. The Balaban J connectivity index is 1.74. The number of carbonyl (C=O) groups is 1. The van der Waals surface area contributed by atoms with Gasteiger partial charge in [0.2, 0.25) is 5.91 Å². The number of amides is 1. The van der Waals surface area contributed by atoms with Gasteiger partial charge in [0.05, 0.1) is 23.6 Å². The van der Waals surface area contributed by atoms with Gasteiger partial charge in [-0.25, -0.2) is 0 Å².